The number of carbonyl (C=O) groups excluding carboxylic acids is 1. The van der Waals surface area contributed by atoms with Gasteiger partial charge in [-0.2, -0.15) is 5.26 Å². The van der Waals surface area contributed by atoms with E-state index >= 15 is 0 Å². The molecule has 3 aliphatic rings. The van der Waals surface area contributed by atoms with Gasteiger partial charge in [-0.25, -0.2) is 0 Å². The number of amides is 1. The molecule has 3 atom stereocenters. The summed E-state index contributed by atoms with van der Waals surface area (Å²) in [7, 11) is 0. The van der Waals surface area contributed by atoms with E-state index in [1.807, 2.05) is 0 Å². The summed E-state index contributed by atoms with van der Waals surface area (Å²) < 4.78 is 0. The van der Waals surface area contributed by atoms with Crippen molar-refractivity contribution < 1.29 is 4.79 Å². The Labute approximate surface area is 151 Å². The zero-order valence-corrected chi connectivity index (χ0v) is 15.1. The highest BCUT2D eigenvalue weighted by Crippen LogP contribution is 2.22. The van der Waals surface area contributed by atoms with Crippen LogP contribution < -0.4 is 10.6 Å². The lowest BCUT2D eigenvalue weighted by atomic mass is 9.94. The van der Waals surface area contributed by atoms with Gasteiger partial charge in [-0.05, 0) is 32.1 Å². The summed E-state index contributed by atoms with van der Waals surface area (Å²) in [6, 6.07) is 3.00. The molecule has 2 heterocycles. The number of rotatable bonds is 3. The second kappa shape index (κ2) is 9.68. The van der Waals surface area contributed by atoms with Crippen molar-refractivity contribution in [3.8, 4) is 6.07 Å². The van der Waals surface area contributed by atoms with Crippen LogP contribution in [0.25, 0.3) is 0 Å². The standard InChI is InChI=1S/C16H26N4O.2ClH/c17-10-14-7-4-8-20(14)16(21)15-9-13(11-18-15)19-12-5-2-1-3-6-12;;/h12-15,18-19H,1-9,11H2;2*1H/t13?,14-,15?;;/m0../s1. The van der Waals surface area contributed by atoms with Crippen molar-refractivity contribution in [2.24, 2.45) is 0 Å². The van der Waals surface area contributed by atoms with Crippen LogP contribution in [0.1, 0.15) is 51.4 Å². The smallest absolute Gasteiger partial charge is 0.240 e. The first kappa shape index (κ1) is 20.5. The average Bonchev–Trinajstić information content (AvgIpc) is 3.16. The molecule has 0 radical (unpaired) electrons. The monoisotopic (exact) mass is 362 g/mol. The summed E-state index contributed by atoms with van der Waals surface area (Å²) in [6.07, 6.45) is 9.24. The molecule has 1 amide bonds. The van der Waals surface area contributed by atoms with E-state index in [9.17, 15) is 4.79 Å². The predicted molar refractivity (Wildman–Crippen MR) is 95.0 cm³/mol. The third kappa shape index (κ3) is 4.96. The molecule has 7 heteroatoms. The summed E-state index contributed by atoms with van der Waals surface area (Å²) in [5, 5.41) is 16.2. The van der Waals surface area contributed by atoms with E-state index in [0.29, 0.717) is 12.1 Å². The largest absolute Gasteiger partial charge is 0.325 e. The van der Waals surface area contributed by atoms with Crippen LogP contribution >= 0.6 is 24.8 Å². The van der Waals surface area contributed by atoms with Gasteiger partial charge in [0.2, 0.25) is 5.91 Å². The van der Waals surface area contributed by atoms with E-state index < -0.39 is 0 Å². The number of hydrogen-bond donors (Lipinski definition) is 2. The molecule has 2 saturated heterocycles. The van der Waals surface area contributed by atoms with Crippen LogP contribution in [0.5, 0.6) is 0 Å². The predicted octanol–water partition coefficient (Wildman–Crippen LogP) is 2.00. The molecule has 23 heavy (non-hydrogen) atoms. The maximum atomic E-state index is 12.5. The second-order valence-electron chi connectivity index (χ2n) is 6.71. The number of carbonyl (C=O) groups is 1. The van der Waals surface area contributed by atoms with E-state index in [1.165, 1.54) is 32.1 Å². The quantitative estimate of drug-likeness (QED) is 0.805. The maximum Gasteiger partial charge on any atom is 0.240 e. The van der Waals surface area contributed by atoms with Crippen LogP contribution in [0.15, 0.2) is 0 Å². The van der Waals surface area contributed by atoms with Gasteiger partial charge in [0, 0.05) is 25.2 Å². The van der Waals surface area contributed by atoms with Crippen molar-refractivity contribution in [3.63, 3.8) is 0 Å². The van der Waals surface area contributed by atoms with Crippen molar-refractivity contribution in [2.45, 2.75) is 75.5 Å². The molecule has 0 aromatic carbocycles. The number of hydrogen-bond acceptors (Lipinski definition) is 4. The van der Waals surface area contributed by atoms with Gasteiger partial charge in [-0.1, -0.05) is 19.3 Å². The molecule has 3 fully saturated rings. The Hall–Kier alpha value is -0.540. The lowest BCUT2D eigenvalue weighted by molar-refractivity contribution is -0.133. The third-order valence-corrected chi connectivity index (χ3v) is 5.19. The molecule has 3 rings (SSSR count). The van der Waals surface area contributed by atoms with E-state index in [2.05, 4.69) is 16.7 Å². The van der Waals surface area contributed by atoms with Crippen LogP contribution in [0.3, 0.4) is 0 Å². The van der Waals surface area contributed by atoms with Crippen molar-refractivity contribution >= 4 is 30.7 Å². The van der Waals surface area contributed by atoms with Crippen molar-refractivity contribution in [2.75, 3.05) is 13.1 Å². The summed E-state index contributed by atoms with van der Waals surface area (Å²) in [6.45, 7) is 1.62. The Bertz CT molecular complexity index is 423. The Balaban J connectivity index is 0.00000132. The molecule has 0 bridgehead atoms. The van der Waals surface area contributed by atoms with Gasteiger partial charge < -0.3 is 15.5 Å². The number of nitrogens with one attached hydrogen (secondary N) is 2. The molecule has 132 valence electrons. The van der Waals surface area contributed by atoms with E-state index in [1.54, 1.807) is 4.90 Å². The van der Waals surface area contributed by atoms with Crippen molar-refractivity contribution in [1.29, 1.82) is 5.26 Å². The molecule has 1 saturated carbocycles. The third-order valence-electron chi connectivity index (χ3n) is 5.19. The number of halogens is 2. The molecule has 0 aromatic rings. The Morgan fingerprint density at radius 3 is 2.52 bits per heavy atom. The fourth-order valence-corrected chi connectivity index (χ4v) is 4.02. The van der Waals surface area contributed by atoms with Crippen LogP contribution in [0.2, 0.25) is 0 Å². The van der Waals surface area contributed by atoms with Crippen molar-refractivity contribution in [1.82, 2.24) is 15.5 Å². The molecular weight excluding hydrogens is 335 g/mol. The van der Waals surface area contributed by atoms with Gasteiger partial charge in [0.05, 0.1) is 12.1 Å². The first-order chi connectivity index (χ1) is 10.3. The highest BCUT2D eigenvalue weighted by Gasteiger charge is 2.37. The molecule has 2 aliphatic heterocycles. The molecule has 2 N–H and O–H groups in total. The molecule has 0 spiro atoms. The van der Waals surface area contributed by atoms with Crippen LogP contribution in [0, 0.1) is 11.3 Å². The van der Waals surface area contributed by atoms with Gasteiger partial charge in [0.1, 0.15) is 6.04 Å². The molecule has 1 aliphatic carbocycles. The highest BCUT2D eigenvalue weighted by molar-refractivity contribution is 5.85. The average molecular weight is 363 g/mol. The van der Waals surface area contributed by atoms with E-state index in [4.69, 9.17) is 5.26 Å². The highest BCUT2D eigenvalue weighted by atomic mass is 35.5. The molecule has 0 aromatic heterocycles. The summed E-state index contributed by atoms with van der Waals surface area (Å²) in [4.78, 5) is 14.3. The Morgan fingerprint density at radius 1 is 1.09 bits per heavy atom. The number of nitrogens with zero attached hydrogens (tertiary/aromatic N) is 2. The topological polar surface area (TPSA) is 68.2 Å². The van der Waals surface area contributed by atoms with E-state index in [-0.39, 0.29) is 42.8 Å². The molecule has 2 unspecified atom stereocenters. The normalized spacial score (nSPS) is 31.1. The fraction of sp³-hybridized carbons (Fsp3) is 0.875. The second-order valence-corrected chi connectivity index (χ2v) is 6.71. The summed E-state index contributed by atoms with van der Waals surface area (Å²) in [5.74, 6) is 0.131. The maximum absolute atomic E-state index is 12.5. The van der Waals surface area contributed by atoms with Gasteiger partial charge in [-0.3, -0.25) is 4.79 Å². The lowest BCUT2D eigenvalue weighted by Crippen LogP contribution is -2.45. The SMILES string of the molecule is Cl.Cl.N#C[C@@H]1CCCN1C(=O)C1CC(NC2CCCCC2)CN1. The zero-order valence-electron chi connectivity index (χ0n) is 13.5. The Morgan fingerprint density at radius 2 is 1.83 bits per heavy atom. The number of likely N-dealkylation sites (tertiary alicyclic amines) is 1. The zero-order chi connectivity index (χ0) is 14.7. The minimum atomic E-state index is -0.204. The van der Waals surface area contributed by atoms with Crippen molar-refractivity contribution in [3.05, 3.63) is 0 Å². The Kier molecular flexibility index (Phi) is 8.63. The van der Waals surface area contributed by atoms with Gasteiger partial charge >= 0.3 is 0 Å². The van der Waals surface area contributed by atoms with Crippen LogP contribution in [0.4, 0.5) is 0 Å². The van der Waals surface area contributed by atoms with Crippen LogP contribution in [-0.2, 0) is 4.79 Å². The summed E-state index contributed by atoms with van der Waals surface area (Å²) in [5.41, 5.74) is 0. The van der Waals surface area contributed by atoms with Gasteiger partial charge in [0.25, 0.3) is 0 Å². The summed E-state index contributed by atoms with van der Waals surface area (Å²) >= 11 is 0. The first-order valence-electron chi connectivity index (χ1n) is 8.47. The van der Waals surface area contributed by atoms with Gasteiger partial charge in [-0.15, -0.1) is 24.8 Å². The fourth-order valence-electron chi connectivity index (χ4n) is 4.02. The van der Waals surface area contributed by atoms with E-state index in [0.717, 1.165) is 32.4 Å². The first-order valence-corrected chi connectivity index (χ1v) is 8.47. The number of nitriles is 1. The molecular formula is C16H28Cl2N4O. The molecule has 5 nitrogen and oxygen atoms in total. The minimum Gasteiger partial charge on any atom is -0.325 e. The minimum absolute atomic E-state index is 0. The van der Waals surface area contributed by atoms with Crippen LogP contribution in [-0.4, -0.2) is 48.1 Å². The van der Waals surface area contributed by atoms with Gasteiger partial charge in [0.15, 0.2) is 0 Å². The lowest BCUT2D eigenvalue weighted by Gasteiger charge is -2.26.